The third-order valence-corrected chi connectivity index (χ3v) is 4.33. The number of halogens is 2. The van der Waals surface area contributed by atoms with E-state index >= 15 is 0 Å². The molecule has 1 aliphatic carbocycles. The van der Waals surface area contributed by atoms with Gasteiger partial charge in [-0.15, -0.1) is 0 Å². The lowest BCUT2D eigenvalue weighted by atomic mass is 10.0. The van der Waals surface area contributed by atoms with E-state index in [4.69, 9.17) is 0 Å². The van der Waals surface area contributed by atoms with Crippen molar-refractivity contribution in [3.05, 3.63) is 29.8 Å². The number of nitrogens with zero attached hydrogens (tertiary/aromatic N) is 1. The third kappa shape index (κ3) is 2.59. The van der Waals surface area contributed by atoms with Crippen molar-refractivity contribution in [1.29, 1.82) is 0 Å². The SMILES string of the molecule is CCC1CNC(C2CC2)CN1c1cc(F)ccc1F. The standard InChI is InChI=1S/C15H20F2N2/c1-2-12-8-18-14(10-3-4-10)9-19(12)15-7-11(16)5-6-13(15)17/h5-7,10,12,14,18H,2-4,8-9H2,1H3. The molecule has 2 fully saturated rings. The van der Waals surface area contributed by atoms with Gasteiger partial charge < -0.3 is 10.2 Å². The predicted molar refractivity (Wildman–Crippen MR) is 72.3 cm³/mol. The molecule has 1 saturated carbocycles. The summed E-state index contributed by atoms with van der Waals surface area (Å²) >= 11 is 0. The van der Waals surface area contributed by atoms with Crippen LogP contribution < -0.4 is 10.2 Å². The number of piperazine rings is 1. The summed E-state index contributed by atoms with van der Waals surface area (Å²) in [5.74, 6) is 0.0287. The Labute approximate surface area is 112 Å². The molecule has 0 bridgehead atoms. The smallest absolute Gasteiger partial charge is 0.146 e. The van der Waals surface area contributed by atoms with Gasteiger partial charge in [-0.2, -0.15) is 0 Å². The highest BCUT2D eigenvalue weighted by Crippen LogP contribution is 2.36. The molecule has 1 saturated heterocycles. The van der Waals surface area contributed by atoms with Gasteiger partial charge in [-0.1, -0.05) is 6.92 Å². The highest BCUT2D eigenvalue weighted by atomic mass is 19.1. The summed E-state index contributed by atoms with van der Waals surface area (Å²) in [6.07, 6.45) is 3.45. The molecule has 104 valence electrons. The second-order valence-electron chi connectivity index (χ2n) is 5.66. The Morgan fingerprint density at radius 2 is 2.11 bits per heavy atom. The van der Waals surface area contributed by atoms with Gasteiger partial charge in [0.05, 0.1) is 5.69 Å². The van der Waals surface area contributed by atoms with Crippen LogP contribution in [-0.4, -0.2) is 25.2 Å². The van der Waals surface area contributed by atoms with Crippen LogP contribution in [0.15, 0.2) is 18.2 Å². The van der Waals surface area contributed by atoms with E-state index in [2.05, 4.69) is 17.1 Å². The van der Waals surface area contributed by atoms with E-state index in [1.807, 2.05) is 0 Å². The Balaban J connectivity index is 1.87. The fourth-order valence-corrected chi connectivity index (χ4v) is 3.00. The quantitative estimate of drug-likeness (QED) is 0.905. The van der Waals surface area contributed by atoms with Crippen LogP contribution >= 0.6 is 0 Å². The minimum atomic E-state index is -0.368. The summed E-state index contributed by atoms with van der Waals surface area (Å²) in [4.78, 5) is 2.05. The largest absolute Gasteiger partial charge is 0.363 e. The van der Waals surface area contributed by atoms with Crippen LogP contribution in [0.1, 0.15) is 26.2 Å². The van der Waals surface area contributed by atoms with E-state index in [0.29, 0.717) is 11.7 Å². The summed E-state index contributed by atoms with van der Waals surface area (Å²) < 4.78 is 27.4. The molecule has 1 N–H and O–H groups in total. The number of rotatable bonds is 3. The van der Waals surface area contributed by atoms with E-state index in [9.17, 15) is 8.78 Å². The molecular formula is C15H20F2N2. The zero-order valence-electron chi connectivity index (χ0n) is 11.2. The van der Waals surface area contributed by atoms with E-state index < -0.39 is 0 Å². The maximum absolute atomic E-state index is 14.0. The monoisotopic (exact) mass is 266 g/mol. The van der Waals surface area contributed by atoms with Gasteiger partial charge >= 0.3 is 0 Å². The van der Waals surface area contributed by atoms with E-state index in [1.165, 1.54) is 31.0 Å². The lowest BCUT2D eigenvalue weighted by molar-refractivity contribution is 0.356. The first-order valence-electron chi connectivity index (χ1n) is 7.14. The van der Waals surface area contributed by atoms with E-state index in [-0.39, 0.29) is 17.7 Å². The van der Waals surface area contributed by atoms with E-state index in [1.54, 1.807) is 0 Å². The first-order chi connectivity index (χ1) is 9.19. The van der Waals surface area contributed by atoms with Crippen molar-refractivity contribution in [2.24, 2.45) is 5.92 Å². The Morgan fingerprint density at radius 1 is 1.32 bits per heavy atom. The van der Waals surface area contributed by atoms with Gasteiger partial charge in [0, 0.05) is 31.2 Å². The predicted octanol–water partition coefficient (Wildman–Crippen LogP) is 2.93. The number of benzene rings is 1. The van der Waals surface area contributed by atoms with Crippen LogP contribution in [-0.2, 0) is 0 Å². The van der Waals surface area contributed by atoms with Crippen molar-refractivity contribution in [2.75, 3.05) is 18.0 Å². The van der Waals surface area contributed by atoms with E-state index in [0.717, 1.165) is 25.4 Å². The molecule has 2 unspecified atom stereocenters. The highest BCUT2D eigenvalue weighted by Gasteiger charge is 2.37. The number of nitrogens with one attached hydrogen (secondary N) is 1. The second-order valence-corrected chi connectivity index (χ2v) is 5.66. The summed E-state index contributed by atoms with van der Waals surface area (Å²) in [6.45, 7) is 3.73. The van der Waals surface area contributed by atoms with Crippen molar-refractivity contribution in [3.8, 4) is 0 Å². The van der Waals surface area contributed by atoms with Gasteiger partial charge in [0.2, 0.25) is 0 Å². The number of hydrogen-bond donors (Lipinski definition) is 1. The van der Waals surface area contributed by atoms with Gasteiger partial charge in [0.15, 0.2) is 0 Å². The van der Waals surface area contributed by atoms with Crippen LogP contribution in [0.3, 0.4) is 0 Å². The minimum Gasteiger partial charge on any atom is -0.363 e. The molecule has 1 aromatic carbocycles. The number of hydrogen-bond acceptors (Lipinski definition) is 2. The minimum absolute atomic E-state index is 0.242. The fraction of sp³-hybridized carbons (Fsp3) is 0.600. The lowest BCUT2D eigenvalue weighted by Gasteiger charge is -2.42. The van der Waals surface area contributed by atoms with Crippen LogP contribution in [0, 0.1) is 17.6 Å². The molecule has 0 radical (unpaired) electrons. The van der Waals surface area contributed by atoms with Crippen molar-refractivity contribution in [3.63, 3.8) is 0 Å². The molecule has 0 aromatic heterocycles. The third-order valence-electron chi connectivity index (χ3n) is 4.33. The van der Waals surface area contributed by atoms with Crippen LogP contribution in [0.2, 0.25) is 0 Å². The molecule has 0 spiro atoms. The van der Waals surface area contributed by atoms with Crippen molar-refractivity contribution < 1.29 is 8.78 Å². The maximum atomic E-state index is 14.0. The fourth-order valence-electron chi connectivity index (χ4n) is 3.00. The first-order valence-corrected chi connectivity index (χ1v) is 7.14. The molecule has 1 heterocycles. The van der Waals surface area contributed by atoms with Gasteiger partial charge in [-0.05, 0) is 37.3 Å². The summed E-state index contributed by atoms with van der Waals surface area (Å²) in [6, 6.07) is 4.40. The normalized spacial score (nSPS) is 27.6. The number of anilines is 1. The first kappa shape index (κ1) is 12.9. The average molecular weight is 266 g/mol. The molecule has 19 heavy (non-hydrogen) atoms. The van der Waals surface area contributed by atoms with Crippen LogP contribution in [0.4, 0.5) is 14.5 Å². The molecule has 2 aliphatic rings. The molecule has 4 heteroatoms. The zero-order valence-corrected chi connectivity index (χ0v) is 11.2. The van der Waals surface area contributed by atoms with Crippen LogP contribution in [0.25, 0.3) is 0 Å². The van der Waals surface area contributed by atoms with Crippen LogP contribution in [0.5, 0.6) is 0 Å². The van der Waals surface area contributed by atoms with Gasteiger partial charge in [-0.3, -0.25) is 0 Å². The second kappa shape index (κ2) is 5.08. The Morgan fingerprint density at radius 3 is 2.79 bits per heavy atom. The summed E-state index contributed by atoms with van der Waals surface area (Å²) in [7, 11) is 0. The zero-order chi connectivity index (χ0) is 13.4. The van der Waals surface area contributed by atoms with Crippen molar-refractivity contribution >= 4 is 5.69 Å². The van der Waals surface area contributed by atoms with Gasteiger partial charge in [0.1, 0.15) is 11.6 Å². The Kier molecular flexibility index (Phi) is 3.44. The molecule has 2 atom stereocenters. The molecule has 1 aromatic rings. The molecule has 3 rings (SSSR count). The highest BCUT2D eigenvalue weighted by molar-refractivity contribution is 5.50. The average Bonchev–Trinajstić information content (AvgIpc) is 3.25. The molecule has 0 amide bonds. The topological polar surface area (TPSA) is 15.3 Å². The van der Waals surface area contributed by atoms with Gasteiger partial charge in [0.25, 0.3) is 0 Å². The molecule has 2 nitrogen and oxygen atoms in total. The Bertz CT molecular complexity index is 459. The molecular weight excluding hydrogens is 246 g/mol. The van der Waals surface area contributed by atoms with Crippen molar-refractivity contribution in [1.82, 2.24) is 5.32 Å². The van der Waals surface area contributed by atoms with Crippen molar-refractivity contribution in [2.45, 2.75) is 38.3 Å². The lowest BCUT2D eigenvalue weighted by Crippen LogP contribution is -2.57. The Hall–Kier alpha value is -1.16. The molecule has 1 aliphatic heterocycles. The summed E-state index contributed by atoms with van der Waals surface area (Å²) in [5, 5.41) is 3.56. The summed E-state index contributed by atoms with van der Waals surface area (Å²) in [5.41, 5.74) is 0.416. The maximum Gasteiger partial charge on any atom is 0.146 e. The van der Waals surface area contributed by atoms with Gasteiger partial charge in [-0.25, -0.2) is 8.78 Å².